The molecule has 2 aromatic heterocycles. The van der Waals surface area contributed by atoms with Crippen molar-refractivity contribution in [1.82, 2.24) is 9.97 Å². The highest BCUT2D eigenvalue weighted by Crippen LogP contribution is 2.39. The first-order chi connectivity index (χ1) is 13.1. The SMILES string of the molecule is Cc1cc(-c2ccc(NC(=O)[C@@H](C)c3ccnc(C4CC4)c3)cc2)ccn1. The van der Waals surface area contributed by atoms with E-state index in [0.717, 1.165) is 33.8 Å². The van der Waals surface area contributed by atoms with Crippen molar-refractivity contribution in [2.24, 2.45) is 0 Å². The van der Waals surface area contributed by atoms with E-state index in [-0.39, 0.29) is 11.8 Å². The van der Waals surface area contributed by atoms with Crippen molar-refractivity contribution < 1.29 is 4.79 Å². The van der Waals surface area contributed by atoms with E-state index in [1.54, 1.807) is 0 Å². The van der Waals surface area contributed by atoms with Gasteiger partial charge in [-0.15, -0.1) is 0 Å². The third-order valence-electron chi connectivity index (χ3n) is 5.08. The van der Waals surface area contributed by atoms with Gasteiger partial charge in [-0.1, -0.05) is 12.1 Å². The van der Waals surface area contributed by atoms with Crippen LogP contribution in [0.5, 0.6) is 0 Å². The zero-order chi connectivity index (χ0) is 18.8. The van der Waals surface area contributed by atoms with E-state index in [9.17, 15) is 4.79 Å². The number of amides is 1. The van der Waals surface area contributed by atoms with Gasteiger partial charge in [-0.25, -0.2) is 0 Å². The Balaban J connectivity index is 1.45. The van der Waals surface area contributed by atoms with Crippen LogP contribution in [0.2, 0.25) is 0 Å². The molecule has 3 aromatic rings. The van der Waals surface area contributed by atoms with Gasteiger partial charge in [0, 0.05) is 35.4 Å². The van der Waals surface area contributed by atoms with Gasteiger partial charge in [0.15, 0.2) is 0 Å². The van der Waals surface area contributed by atoms with Crippen LogP contribution in [0.1, 0.15) is 48.6 Å². The molecule has 0 aliphatic heterocycles. The molecule has 0 bridgehead atoms. The minimum Gasteiger partial charge on any atom is -0.326 e. The Labute approximate surface area is 159 Å². The first kappa shape index (κ1) is 17.4. The average molecular weight is 357 g/mol. The topological polar surface area (TPSA) is 54.9 Å². The van der Waals surface area contributed by atoms with E-state index >= 15 is 0 Å². The highest BCUT2D eigenvalue weighted by molar-refractivity contribution is 5.95. The van der Waals surface area contributed by atoms with Crippen molar-refractivity contribution in [3.8, 4) is 11.1 Å². The number of nitrogens with one attached hydrogen (secondary N) is 1. The maximum absolute atomic E-state index is 12.7. The number of aryl methyl sites for hydroxylation is 1. The largest absolute Gasteiger partial charge is 0.326 e. The summed E-state index contributed by atoms with van der Waals surface area (Å²) in [5, 5.41) is 3.02. The first-order valence-electron chi connectivity index (χ1n) is 9.40. The number of carbonyl (C=O) groups is 1. The van der Waals surface area contributed by atoms with Crippen LogP contribution in [0.15, 0.2) is 60.9 Å². The Morgan fingerprint density at radius 2 is 1.74 bits per heavy atom. The van der Waals surface area contributed by atoms with Gasteiger partial charge in [0.25, 0.3) is 0 Å². The summed E-state index contributed by atoms with van der Waals surface area (Å²) in [6, 6.07) is 16.0. The molecule has 2 heterocycles. The van der Waals surface area contributed by atoms with E-state index in [2.05, 4.69) is 27.4 Å². The minimum atomic E-state index is -0.215. The number of aromatic nitrogens is 2. The Morgan fingerprint density at radius 3 is 2.44 bits per heavy atom. The summed E-state index contributed by atoms with van der Waals surface area (Å²) in [5.74, 6) is 0.369. The van der Waals surface area contributed by atoms with Crippen molar-refractivity contribution in [2.45, 2.75) is 38.5 Å². The fraction of sp³-hybridized carbons (Fsp3) is 0.261. The molecule has 4 rings (SSSR count). The molecule has 1 aliphatic carbocycles. The summed E-state index contributed by atoms with van der Waals surface area (Å²) in [4.78, 5) is 21.3. The van der Waals surface area contributed by atoms with Gasteiger partial charge in [0.05, 0.1) is 5.92 Å². The molecule has 0 radical (unpaired) electrons. The van der Waals surface area contributed by atoms with Crippen LogP contribution in [0.4, 0.5) is 5.69 Å². The van der Waals surface area contributed by atoms with E-state index in [1.807, 2.05) is 62.6 Å². The zero-order valence-corrected chi connectivity index (χ0v) is 15.6. The van der Waals surface area contributed by atoms with Gasteiger partial charge >= 0.3 is 0 Å². The second-order valence-corrected chi connectivity index (χ2v) is 7.26. The lowest BCUT2D eigenvalue weighted by Gasteiger charge is -2.14. The van der Waals surface area contributed by atoms with E-state index in [1.165, 1.54) is 12.8 Å². The van der Waals surface area contributed by atoms with Crippen LogP contribution in [0, 0.1) is 6.92 Å². The fourth-order valence-electron chi connectivity index (χ4n) is 3.21. The van der Waals surface area contributed by atoms with E-state index in [0.29, 0.717) is 5.92 Å². The first-order valence-corrected chi connectivity index (χ1v) is 9.40. The lowest BCUT2D eigenvalue weighted by Crippen LogP contribution is -2.19. The van der Waals surface area contributed by atoms with Gasteiger partial charge in [-0.2, -0.15) is 0 Å². The van der Waals surface area contributed by atoms with Crippen LogP contribution < -0.4 is 5.32 Å². The molecular weight excluding hydrogens is 334 g/mol. The van der Waals surface area contributed by atoms with Crippen LogP contribution in [0.25, 0.3) is 11.1 Å². The molecule has 0 saturated heterocycles. The molecule has 1 fully saturated rings. The normalized spacial score (nSPS) is 14.6. The number of pyridine rings is 2. The third kappa shape index (κ3) is 4.05. The Morgan fingerprint density at radius 1 is 1.00 bits per heavy atom. The molecule has 1 saturated carbocycles. The van der Waals surface area contributed by atoms with E-state index in [4.69, 9.17) is 0 Å². The molecule has 1 N–H and O–H groups in total. The summed E-state index contributed by atoms with van der Waals surface area (Å²) in [6.45, 7) is 3.92. The molecule has 1 aliphatic rings. The maximum Gasteiger partial charge on any atom is 0.231 e. The maximum atomic E-state index is 12.7. The van der Waals surface area contributed by atoms with Gasteiger partial charge in [-0.3, -0.25) is 14.8 Å². The highest BCUT2D eigenvalue weighted by Gasteiger charge is 2.26. The van der Waals surface area contributed by atoms with Crippen molar-refractivity contribution >= 4 is 11.6 Å². The molecule has 1 amide bonds. The molecular formula is C23H23N3O. The zero-order valence-electron chi connectivity index (χ0n) is 15.6. The predicted octanol–water partition coefficient (Wildman–Crippen LogP) is 5.07. The summed E-state index contributed by atoms with van der Waals surface area (Å²) >= 11 is 0. The van der Waals surface area contributed by atoms with Crippen LogP contribution in [-0.2, 0) is 4.79 Å². The smallest absolute Gasteiger partial charge is 0.231 e. The number of carbonyl (C=O) groups excluding carboxylic acids is 1. The number of hydrogen-bond donors (Lipinski definition) is 1. The second-order valence-electron chi connectivity index (χ2n) is 7.26. The average Bonchev–Trinajstić information content (AvgIpc) is 3.53. The number of rotatable bonds is 5. The van der Waals surface area contributed by atoms with Crippen molar-refractivity contribution in [3.05, 3.63) is 77.9 Å². The Bertz CT molecular complexity index is 961. The molecule has 0 unspecified atom stereocenters. The van der Waals surface area contributed by atoms with Crippen molar-refractivity contribution in [3.63, 3.8) is 0 Å². The van der Waals surface area contributed by atoms with Gasteiger partial charge < -0.3 is 5.32 Å². The van der Waals surface area contributed by atoms with Crippen LogP contribution in [0.3, 0.4) is 0 Å². The van der Waals surface area contributed by atoms with E-state index < -0.39 is 0 Å². The number of nitrogens with zero attached hydrogens (tertiary/aromatic N) is 2. The molecule has 0 spiro atoms. The lowest BCUT2D eigenvalue weighted by atomic mass is 9.99. The predicted molar refractivity (Wildman–Crippen MR) is 108 cm³/mol. The van der Waals surface area contributed by atoms with Gasteiger partial charge in [0.1, 0.15) is 0 Å². The standard InChI is InChI=1S/C23H23N3O/c1-15-13-20(10-11-24-15)17-5-7-21(8-6-17)26-23(27)16(2)19-9-12-25-22(14-19)18-3-4-18/h5-14,16,18H,3-4H2,1-2H3,(H,26,27)/t16-/m0/s1. The molecule has 1 atom stereocenters. The monoisotopic (exact) mass is 357 g/mol. The summed E-state index contributed by atoms with van der Waals surface area (Å²) in [5.41, 5.74) is 6.16. The molecule has 4 nitrogen and oxygen atoms in total. The van der Waals surface area contributed by atoms with Crippen LogP contribution >= 0.6 is 0 Å². The minimum absolute atomic E-state index is 0.00421. The lowest BCUT2D eigenvalue weighted by molar-refractivity contribution is -0.117. The summed E-state index contributed by atoms with van der Waals surface area (Å²) in [7, 11) is 0. The van der Waals surface area contributed by atoms with Crippen LogP contribution in [-0.4, -0.2) is 15.9 Å². The second kappa shape index (κ2) is 7.31. The quantitative estimate of drug-likeness (QED) is 0.693. The van der Waals surface area contributed by atoms with Gasteiger partial charge in [-0.05, 0) is 79.8 Å². The number of benzene rings is 1. The highest BCUT2D eigenvalue weighted by atomic mass is 16.1. The molecule has 1 aromatic carbocycles. The summed E-state index contributed by atoms with van der Waals surface area (Å²) in [6.07, 6.45) is 6.05. The van der Waals surface area contributed by atoms with Crippen molar-refractivity contribution in [2.75, 3.05) is 5.32 Å². The Hall–Kier alpha value is -3.01. The fourth-order valence-corrected chi connectivity index (χ4v) is 3.21. The summed E-state index contributed by atoms with van der Waals surface area (Å²) < 4.78 is 0. The number of anilines is 1. The third-order valence-corrected chi connectivity index (χ3v) is 5.08. The molecule has 136 valence electrons. The Kier molecular flexibility index (Phi) is 4.71. The number of hydrogen-bond acceptors (Lipinski definition) is 3. The van der Waals surface area contributed by atoms with Crippen molar-refractivity contribution in [1.29, 1.82) is 0 Å². The molecule has 4 heteroatoms. The molecule has 27 heavy (non-hydrogen) atoms. The van der Waals surface area contributed by atoms with Gasteiger partial charge in [0.2, 0.25) is 5.91 Å².